The molecule has 0 saturated heterocycles. The van der Waals surface area contributed by atoms with E-state index in [0.29, 0.717) is 11.6 Å². The highest BCUT2D eigenvalue weighted by molar-refractivity contribution is 6.75. The van der Waals surface area contributed by atoms with Crippen LogP contribution in [0.4, 0.5) is 0 Å². The summed E-state index contributed by atoms with van der Waals surface area (Å²) in [6.07, 6.45) is 3.30. The topological polar surface area (TPSA) is 39.7 Å². The lowest BCUT2D eigenvalue weighted by atomic mass is 10.6. The summed E-state index contributed by atoms with van der Waals surface area (Å²) < 4.78 is 0. The highest BCUT2D eigenvalue weighted by Gasteiger charge is 2.09. The molecule has 0 radical (unpaired) electrons. The SMILES string of the molecule is C=CCNN1C=C(Cl)C(Cl)=NN1. The van der Waals surface area contributed by atoms with E-state index < -0.39 is 0 Å². The van der Waals surface area contributed by atoms with E-state index in [1.807, 2.05) is 0 Å². The van der Waals surface area contributed by atoms with Crippen LogP contribution in [-0.2, 0) is 0 Å². The molecule has 12 heavy (non-hydrogen) atoms. The van der Waals surface area contributed by atoms with E-state index in [4.69, 9.17) is 23.2 Å². The molecule has 1 rings (SSSR count). The van der Waals surface area contributed by atoms with Gasteiger partial charge in [-0.15, -0.1) is 11.7 Å². The number of nitrogens with zero attached hydrogens (tertiary/aromatic N) is 2. The normalized spacial score (nSPS) is 16.3. The van der Waals surface area contributed by atoms with Crippen LogP contribution < -0.4 is 11.0 Å². The van der Waals surface area contributed by atoms with Crippen molar-refractivity contribution in [2.24, 2.45) is 5.10 Å². The molecule has 0 aliphatic carbocycles. The molecule has 0 aromatic heterocycles. The molecule has 0 aromatic carbocycles. The fourth-order valence-corrected chi connectivity index (χ4v) is 0.817. The molecule has 1 heterocycles. The summed E-state index contributed by atoms with van der Waals surface area (Å²) in [5, 5.41) is 5.83. The number of hydrazine groups is 2. The minimum absolute atomic E-state index is 0.244. The lowest BCUT2D eigenvalue weighted by molar-refractivity contribution is 0.197. The van der Waals surface area contributed by atoms with E-state index >= 15 is 0 Å². The molecular formula is C6H8Cl2N4. The van der Waals surface area contributed by atoms with Crippen LogP contribution in [0.2, 0.25) is 0 Å². The zero-order valence-corrected chi connectivity index (χ0v) is 7.73. The maximum atomic E-state index is 5.69. The van der Waals surface area contributed by atoms with Gasteiger partial charge in [-0.3, -0.25) is 0 Å². The van der Waals surface area contributed by atoms with Crippen molar-refractivity contribution < 1.29 is 0 Å². The average molecular weight is 207 g/mol. The van der Waals surface area contributed by atoms with Crippen molar-refractivity contribution in [3.8, 4) is 0 Å². The Morgan fingerprint density at radius 2 is 2.50 bits per heavy atom. The lowest BCUT2D eigenvalue weighted by Crippen LogP contribution is -2.43. The number of rotatable bonds is 3. The molecule has 1 aliphatic rings. The Balaban J connectivity index is 2.47. The summed E-state index contributed by atoms with van der Waals surface area (Å²) in [4.78, 5) is 0. The third kappa shape index (κ3) is 2.41. The third-order valence-corrected chi connectivity index (χ3v) is 1.76. The summed E-state index contributed by atoms with van der Waals surface area (Å²) in [5.74, 6) is 0. The van der Waals surface area contributed by atoms with E-state index in [1.165, 1.54) is 5.12 Å². The number of hydrogen-bond donors (Lipinski definition) is 2. The van der Waals surface area contributed by atoms with Gasteiger partial charge in [-0.2, -0.15) is 0 Å². The number of hydrogen-bond acceptors (Lipinski definition) is 4. The molecule has 2 N–H and O–H groups in total. The molecular weight excluding hydrogens is 199 g/mol. The third-order valence-electron chi connectivity index (χ3n) is 1.10. The first-order valence-electron chi connectivity index (χ1n) is 3.24. The lowest BCUT2D eigenvalue weighted by Gasteiger charge is -2.22. The minimum Gasteiger partial charge on any atom is -0.210 e. The van der Waals surface area contributed by atoms with Gasteiger partial charge in [0.1, 0.15) is 0 Å². The highest BCUT2D eigenvalue weighted by atomic mass is 35.5. The second-order valence-corrected chi connectivity index (χ2v) is 2.77. The Morgan fingerprint density at radius 1 is 1.75 bits per heavy atom. The van der Waals surface area contributed by atoms with Crippen molar-refractivity contribution in [3.05, 3.63) is 23.9 Å². The van der Waals surface area contributed by atoms with Gasteiger partial charge in [-0.1, -0.05) is 29.3 Å². The van der Waals surface area contributed by atoms with E-state index in [0.717, 1.165) is 0 Å². The average Bonchev–Trinajstić information content (AvgIpc) is 2.07. The second kappa shape index (κ2) is 4.35. The van der Waals surface area contributed by atoms with Crippen LogP contribution in [0.3, 0.4) is 0 Å². The summed E-state index contributed by atoms with van der Waals surface area (Å²) in [5.41, 5.74) is 5.50. The molecule has 0 saturated carbocycles. The van der Waals surface area contributed by atoms with Gasteiger partial charge in [0.15, 0.2) is 5.17 Å². The number of hydrazone groups is 1. The van der Waals surface area contributed by atoms with Crippen molar-refractivity contribution in [2.45, 2.75) is 0 Å². The molecule has 0 fully saturated rings. The Hall–Kier alpha value is -0.710. The first-order chi connectivity index (χ1) is 5.74. The van der Waals surface area contributed by atoms with Crippen molar-refractivity contribution in [1.29, 1.82) is 0 Å². The van der Waals surface area contributed by atoms with Crippen LogP contribution in [0.25, 0.3) is 0 Å². The largest absolute Gasteiger partial charge is 0.210 e. The van der Waals surface area contributed by atoms with Gasteiger partial charge in [-0.05, 0) is 0 Å². The Bertz CT molecular complexity index is 236. The summed E-state index contributed by atoms with van der Waals surface area (Å²) in [6, 6.07) is 0. The van der Waals surface area contributed by atoms with Gasteiger partial charge in [0.25, 0.3) is 0 Å². The van der Waals surface area contributed by atoms with Gasteiger partial charge in [-0.25, -0.2) is 16.1 Å². The monoisotopic (exact) mass is 206 g/mol. The van der Waals surface area contributed by atoms with Crippen LogP contribution in [0.1, 0.15) is 0 Å². The molecule has 6 heteroatoms. The maximum Gasteiger partial charge on any atom is 0.171 e. The van der Waals surface area contributed by atoms with Gasteiger partial charge in [0.05, 0.1) is 11.2 Å². The number of nitrogens with one attached hydrogen (secondary N) is 2. The van der Waals surface area contributed by atoms with Crippen molar-refractivity contribution in [2.75, 3.05) is 6.54 Å². The predicted octanol–water partition coefficient (Wildman–Crippen LogP) is 1.13. The quantitative estimate of drug-likeness (QED) is 0.681. The summed E-state index contributed by atoms with van der Waals surface area (Å²) >= 11 is 11.3. The Labute approximate surface area is 80.5 Å². The van der Waals surface area contributed by atoms with Crippen LogP contribution in [-0.4, -0.2) is 16.8 Å². The number of allylic oxidation sites excluding steroid dienone is 1. The van der Waals surface area contributed by atoms with Crippen LogP contribution in [0.5, 0.6) is 0 Å². The molecule has 0 bridgehead atoms. The Morgan fingerprint density at radius 3 is 3.08 bits per heavy atom. The number of halogens is 2. The summed E-state index contributed by atoms with van der Waals surface area (Å²) in [7, 11) is 0. The predicted molar refractivity (Wildman–Crippen MR) is 50.4 cm³/mol. The maximum absolute atomic E-state index is 5.69. The molecule has 1 aliphatic heterocycles. The molecule has 0 atom stereocenters. The molecule has 66 valence electrons. The van der Waals surface area contributed by atoms with Crippen molar-refractivity contribution in [1.82, 2.24) is 16.1 Å². The van der Waals surface area contributed by atoms with Gasteiger partial charge in [0, 0.05) is 6.54 Å². The van der Waals surface area contributed by atoms with E-state index in [2.05, 4.69) is 22.6 Å². The zero-order valence-electron chi connectivity index (χ0n) is 6.22. The Kier molecular flexibility index (Phi) is 3.40. The first kappa shape index (κ1) is 9.38. The van der Waals surface area contributed by atoms with E-state index in [1.54, 1.807) is 12.3 Å². The summed E-state index contributed by atoms with van der Waals surface area (Å²) in [6.45, 7) is 4.16. The van der Waals surface area contributed by atoms with E-state index in [-0.39, 0.29) is 5.17 Å². The molecule has 0 aromatic rings. The van der Waals surface area contributed by atoms with Crippen LogP contribution >= 0.6 is 23.2 Å². The fourth-order valence-electron chi connectivity index (χ4n) is 0.591. The van der Waals surface area contributed by atoms with Crippen LogP contribution in [0, 0.1) is 0 Å². The second-order valence-electron chi connectivity index (χ2n) is 2.00. The van der Waals surface area contributed by atoms with E-state index in [9.17, 15) is 0 Å². The molecule has 4 nitrogen and oxygen atoms in total. The smallest absolute Gasteiger partial charge is 0.171 e. The van der Waals surface area contributed by atoms with Crippen molar-refractivity contribution >= 4 is 28.4 Å². The van der Waals surface area contributed by atoms with Gasteiger partial charge >= 0.3 is 0 Å². The van der Waals surface area contributed by atoms with Gasteiger partial charge in [0.2, 0.25) is 0 Å². The van der Waals surface area contributed by atoms with Crippen molar-refractivity contribution in [3.63, 3.8) is 0 Å². The zero-order chi connectivity index (χ0) is 8.97. The molecule has 0 spiro atoms. The van der Waals surface area contributed by atoms with Gasteiger partial charge < -0.3 is 0 Å². The highest BCUT2D eigenvalue weighted by Crippen LogP contribution is 2.10. The molecule has 0 unspecified atom stereocenters. The molecule has 0 amide bonds. The first-order valence-corrected chi connectivity index (χ1v) is 4.00. The van der Waals surface area contributed by atoms with Crippen LogP contribution in [0.15, 0.2) is 29.0 Å². The fraction of sp³-hybridized carbons (Fsp3) is 0.167. The minimum atomic E-state index is 0.244. The standard InChI is InChI=1S/C6H8Cl2N4/c1-2-3-9-12-4-5(7)6(8)10-11-12/h2,4,9,11H,1,3H2.